The predicted octanol–water partition coefficient (Wildman–Crippen LogP) is 4.07. The summed E-state index contributed by atoms with van der Waals surface area (Å²) in [5.41, 5.74) is 2.22. The molecular formula is C25H31NO6S2. The third kappa shape index (κ3) is 9.80. The first kappa shape index (κ1) is 27.8. The summed E-state index contributed by atoms with van der Waals surface area (Å²) in [6, 6.07) is 14.9. The van der Waals surface area contributed by atoms with E-state index >= 15 is 0 Å². The number of aryl methyl sites for hydroxylation is 1. The Balaban J connectivity index is 0.000000440. The molecule has 0 saturated heterocycles. The molecule has 4 N–H and O–H groups in total. The van der Waals surface area contributed by atoms with Gasteiger partial charge in [-0.15, -0.1) is 23.5 Å². The molecule has 3 rings (SSSR count). The Hall–Kier alpha value is -2.46. The number of fused-ring (bicyclic) bond motifs is 1. The number of carbonyl (C=O) groups is 2. The number of carboxylic acid groups (broad SMARTS) is 2. The number of para-hydroxylation sites is 1. The third-order valence-electron chi connectivity index (χ3n) is 4.90. The maximum absolute atomic E-state index is 9.60. The van der Waals surface area contributed by atoms with Crippen LogP contribution in [0.2, 0.25) is 0 Å². The van der Waals surface area contributed by atoms with Gasteiger partial charge in [-0.2, -0.15) is 0 Å². The molecule has 0 bridgehead atoms. The minimum absolute atomic E-state index is 0.110. The molecule has 0 aliphatic carbocycles. The van der Waals surface area contributed by atoms with E-state index in [-0.39, 0.29) is 6.61 Å². The van der Waals surface area contributed by atoms with E-state index in [0.717, 1.165) is 41.5 Å². The monoisotopic (exact) mass is 505 g/mol. The van der Waals surface area contributed by atoms with Crippen LogP contribution in [0.1, 0.15) is 18.1 Å². The maximum atomic E-state index is 9.60. The summed E-state index contributed by atoms with van der Waals surface area (Å²) < 4.78 is 5.95. The average Bonchev–Trinajstić information content (AvgIpc) is 3.03. The number of hydrogen-bond donors (Lipinski definition) is 4. The molecule has 0 saturated carbocycles. The topological polar surface area (TPSA) is 116 Å². The number of ether oxygens (including phenoxy) is 1. The van der Waals surface area contributed by atoms with Crippen LogP contribution in [0.25, 0.3) is 0 Å². The molecule has 1 heterocycles. The van der Waals surface area contributed by atoms with Crippen LogP contribution in [0.15, 0.2) is 64.4 Å². The number of thioether (sulfide) groups is 2. The molecule has 34 heavy (non-hydrogen) atoms. The van der Waals surface area contributed by atoms with Crippen molar-refractivity contribution < 1.29 is 29.6 Å². The Morgan fingerprint density at radius 2 is 1.88 bits per heavy atom. The van der Waals surface area contributed by atoms with Crippen molar-refractivity contribution in [3.63, 3.8) is 0 Å². The predicted molar refractivity (Wildman–Crippen MR) is 136 cm³/mol. The van der Waals surface area contributed by atoms with Crippen LogP contribution in [0.4, 0.5) is 0 Å². The molecule has 0 fully saturated rings. The van der Waals surface area contributed by atoms with Gasteiger partial charge < -0.3 is 25.4 Å². The molecule has 0 radical (unpaired) electrons. The number of aliphatic hydroxyl groups is 1. The number of nitrogens with one attached hydrogen (secondary N) is 1. The van der Waals surface area contributed by atoms with Crippen LogP contribution in [0.3, 0.4) is 0 Å². The number of aliphatic carboxylic acids is 2. The smallest absolute Gasteiger partial charge is 0.328 e. The van der Waals surface area contributed by atoms with Crippen molar-refractivity contribution in [1.82, 2.24) is 5.32 Å². The molecule has 0 aromatic heterocycles. The van der Waals surface area contributed by atoms with Crippen molar-refractivity contribution in [2.24, 2.45) is 5.92 Å². The average molecular weight is 506 g/mol. The Kier molecular flexibility index (Phi) is 12.0. The van der Waals surface area contributed by atoms with E-state index in [1.165, 1.54) is 9.79 Å². The Morgan fingerprint density at radius 1 is 1.18 bits per heavy atom. The fraction of sp³-hybridized carbons (Fsp3) is 0.360. The van der Waals surface area contributed by atoms with E-state index in [4.69, 9.17) is 14.9 Å². The summed E-state index contributed by atoms with van der Waals surface area (Å²) in [6.45, 7) is 6.13. The van der Waals surface area contributed by atoms with Gasteiger partial charge in [-0.3, -0.25) is 0 Å². The van der Waals surface area contributed by atoms with Crippen LogP contribution in [0, 0.1) is 12.8 Å². The lowest BCUT2D eigenvalue weighted by atomic mass is 10.1. The summed E-state index contributed by atoms with van der Waals surface area (Å²) in [6.07, 6.45) is 1.12. The summed E-state index contributed by atoms with van der Waals surface area (Å²) in [4.78, 5) is 21.5. The quantitative estimate of drug-likeness (QED) is 0.296. The zero-order chi connectivity index (χ0) is 24.9. The normalized spacial score (nSPS) is 15.9. The van der Waals surface area contributed by atoms with Gasteiger partial charge in [0.15, 0.2) is 0 Å². The van der Waals surface area contributed by atoms with Crippen molar-refractivity contribution in [2.45, 2.75) is 36.3 Å². The minimum Gasteiger partial charge on any atom is -0.491 e. The SMILES string of the molecule is Cc1cccc(SC[C@@H](C)CN[C@@H]2COc3ccccc3SC2)c1CO.O=C(O)/C=C\C(=O)O. The zero-order valence-electron chi connectivity index (χ0n) is 19.3. The van der Waals surface area contributed by atoms with Gasteiger partial charge in [-0.25, -0.2) is 9.59 Å². The molecule has 2 aromatic carbocycles. The summed E-state index contributed by atoms with van der Waals surface area (Å²) in [5, 5.41) is 28.9. The molecule has 2 atom stereocenters. The number of benzene rings is 2. The van der Waals surface area contributed by atoms with Crippen molar-refractivity contribution in [3.05, 3.63) is 65.7 Å². The highest BCUT2D eigenvalue weighted by Gasteiger charge is 2.18. The number of rotatable bonds is 9. The second-order valence-corrected chi connectivity index (χ2v) is 9.93. The summed E-state index contributed by atoms with van der Waals surface area (Å²) in [7, 11) is 0. The lowest BCUT2D eigenvalue weighted by Crippen LogP contribution is -2.39. The molecule has 9 heteroatoms. The first-order valence-electron chi connectivity index (χ1n) is 10.8. The van der Waals surface area contributed by atoms with Gasteiger partial charge in [0.1, 0.15) is 12.4 Å². The van der Waals surface area contributed by atoms with Crippen LogP contribution >= 0.6 is 23.5 Å². The van der Waals surface area contributed by atoms with Crippen molar-refractivity contribution >= 4 is 35.5 Å². The van der Waals surface area contributed by atoms with E-state index < -0.39 is 11.9 Å². The first-order chi connectivity index (χ1) is 16.3. The Bertz CT molecular complexity index is 939. The molecule has 0 spiro atoms. The maximum Gasteiger partial charge on any atom is 0.328 e. The fourth-order valence-electron chi connectivity index (χ4n) is 3.05. The fourth-order valence-corrected chi connectivity index (χ4v) is 5.25. The van der Waals surface area contributed by atoms with Crippen LogP contribution in [-0.2, 0) is 16.2 Å². The van der Waals surface area contributed by atoms with Gasteiger partial charge >= 0.3 is 11.9 Å². The lowest BCUT2D eigenvalue weighted by molar-refractivity contribution is -0.134. The van der Waals surface area contributed by atoms with Gasteiger partial charge in [0.25, 0.3) is 0 Å². The van der Waals surface area contributed by atoms with E-state index in [1.54, 1.807) is 0 Å². The Labute approximate surface area is 208 Å². The largest absolute Gasteiger partial charge is 0.491 e. The highest BCUT2D eigenvalue weighted by atomic mass is 32.2. The van der Waals surface area contributed by atoms with E-state index in [9.17, 15) is 14.7 Å². The number of aliphatic hydroxyl groups excluding tert-OH is 1. The molecular weight excluding hydrogens is 474 g/mol. The zero-order valence-corrected chi connectivity index (χ0v) is 20.9. The highest BCUT2D eigenvalue weighted by Crippen LogP contribution is 2.32. The molecule has 0 unspecified atom stereocenters. The van der Waals surface area contributed by atoms with E-state index in [2.05, 4.69) is 49.5 Å². The molecule has 1 aliphatic rings. The van der Waals surface area contributed by atoms with Crippen molar-refractivity contribution in [2.75, 3.05) is 24.7 Å². The van der Waals surface area contributed by atoms with Crippen molar-refractivity contribution in [1.29, 1.82) is 0 Å². The summed E-state index contributed by atoms with van der Waals surface area (Å²) in [5.74, 6) is 1.09. The third-order valence-corrected chi connectivity index (χ3v) is 7.55. The number of carboxylic acids is 2. The van der Waals surface area contributed by atoms with E-state index in [0.29, 0.717) is 24.1 Å². The van der Waals surface area contributed by atoms with Crippen LogP contribution in [0.5, 0.6) is 5.75 Å². The molecule has 0 amide bonds. The number of hydrogen-bond acceptors (Lipinski definition) is 7. The standard InChI is InChI=1S/C21H27NO2S2.C4H4O4/c1-15(13-25-20-9-5-6-16(2)18(20)11-23)10-22-17-12-24-19-7-3-4-8-21(19)26-14-17;5-3(6)1-2-4(7)8/h3-9,15,17,22-23H,10-14H2,1-2H3;1-2H,(H,5,6)(H,7,8)/b;2-1-/t15-,17+;/m0./s1. The minimum atomic E-state index is -1.26. The lowest BCUT2D eigenvalue weighted by Gasteiger charge is -2.19. The van der Waals surface area contributed by atoms with Gasteiger partial charge in [0.2, 0.25) is 0 Å². The molecule has 2 aromatic rings. The van der Waals surface area contributed by atoms with Gasteiger partial charge in [0, 0.05) is 33.4 Å². The first-order valence-corrected chi connectivity index (χ1v) is 12.8. The molecule has 7 nitrogen and oxygen atoms in total. The van der Waals surface area contributed by atoms with Crippen LogP contribution < -0.4 is 10.1 Å². The van der Waals surface area contributed by atoms with Gasteiger partial charge in [-0.1, -0.05) is 31.2 Å². The second kappa shape index (κ2) is 14.7. The van der Waals surface area contributed by atoms with Crippen molar-refractivity contribution in [3.8, 4) is 5.75 Å². The summed E-state index contributed by atoms with van der Waals surface area (Å²) >= 11 is 3.70. The molecule has 1 aliphatic heterocycles. The highest BCUT2D eigenvalue weighted by molar-refractivity contribution is 7.99. The van der Waals surface area contributed by atoms with Gasteiger partial charge in [0.05, 0.1) is 12.6 Å². The van der Waals surface area contributed by atoms with E-state index in [1.807, 2.05) is 35.7 Å². The van der Waals surface area contributed by atoms with Gasteiger partial charge in [-0.05, 0) is 48.7 Å². The Morgan fingerprint density at radius 3 is 2.56 bits per heavy atom. The van der Waals surface area contributed by atoms with Crippen LogP contribution in [-0.4, -0.2) is 58.0 Å². The molecule has 184 valence electrons. The second-order valence-electron chi connectivity index (χ2n) is 7.81.